The Morgan fingerprint density at radius 2 is 1.86 bits per heavy atom. The Morgan fingerprint density at radius 1 is 1.29 bits per heavy atom. The molecule has 1 rings (SSSR count). The normalized spacial score (nSPS) is 43.6. The first kappa shape index (κ1) is 11.5. The van der Waals surface area contributed by atoms with E-state index in [1.807, 2.05) is 6.92 Å². The average molecular weight is 201 g/mol. The standard InChI is InChI=1S/C10H19NO3/c1-5-6(2)8(4-11)14-9(7(5)3)10(12)13/h5-9H,4,11H2,1-3H3,(H,12,13)/t5-,6+,7+,8-,9?/m1/s1. The van der Waals surface area contributed by atoms with Crippen molar-refractivity contribution >= 4 is 5.97 Å². The molecular weight excluding hydrogens is 182 g/mol. The van der Waals surface area contributed by atoms with Gasteiger partial charge in [0.15, 0.2) is 6.10 Å². The summed E-state index contributed by atoms with van der Waals surface area (Å²) < 4.78 is 5.47. The van der Waals surface area contributed by atoms with Crippen LogP contribution in [0.25, 0.3) is 0 Å². The van der Waals surface area contributed by atoms with Crippen molar-refractivity contribution in [2.24, 2.45) is 23.5 Å². The molecule has 4 nitrogen and oxygen atoms in total. The Labute approximate surface area is 84.4 Å². The molecule has 0 bridgehead atoms. The number of ether oxygens (including phenoxy) is 1. The monoisotopic (exact) mass is 201 g/mol. The van der Waals surface area contributed by atoms with E-state index in [0.717, 1.165) is 0 Å². The van der Waals surface area contributed by atoms with Gasteiger partial charge in [0.2, 0.25) is 0 Å². The fourth-order valence-electron chi connectivity index (χ4n) is 2.08. The van der Waals surface area contributed by atoms with Gasteiger partial charge < -0.3 is 15.6 Å². The van der Waals surface area contributed by atoms with E-state index in [1.54, 1.807) is 0 Å². The van der Waals surface area contributed by atoms with Crippen LogP contribution in [0.3, 0.4) is 0 Å². The average Bonchev–Trinajstić information content (AvgIpc) is 2.14. The van der Waals surface area contributed by atoms with Gasteiger partial charge in [0.25, 0.3) is 0 Å². The van der Waals surface area contributed by atoms with Crippen LogP contribution in [-0.2, 0) is 9.53 Å². The number of nitrogens with two attached hydrogens (primary N) is 1. The van der Waals surface area contributed by atoms with Crippen LogP contribution in [0.5, 0.6) is 0 Å². The third-order valence-corrected chi connectivity index (χ3v) is 3.52. The van der Waals surface area contributed by atoms with Crippen LogP contribution in [0.15, 0.2) is 0 Å². The minimum absolute atomic E-state index is 0.0466. The van der Waals surface area contributed by atoms with Crippen molar-refractivity contribution in [3.05, 3.63) is 0 Å². The number of rotatable bonds is 2. The Balaban J connectivity index is 2.78. The smallest absolute Gasteiger partial charge is 0.333 e. The molecule has 1 unspecified atom stereocenters. The van der Waals surface area contributed by atoms with Crippen molar-refractivity contribution in [3.63, 3.8) is 0 Å². The van der Waals surface area contributed by atoms with Crippen LogP contribution >= 0.6 is 0 Å². The topological polar surface area (TPSA) is 72.5 Å². The van der Waals surface area contributed by atoms with Gasteiger partial charge in [0.05, 0.1) is 6.10 Å². The maximum absolute atomic E-state index is 10.9. The third kappa shape index (κ3) is 1.91. The summed E-state index contributed by atoms with van der Waals surface area (Å²) in [5.74, 6) is -0.177. The molecule has 0 amide bonds. The molecule has 82 valence electrons. The van der Waals surface area contributed by atoms with Crippen LogP contribution in [0.1, 0.15) is 20.8 Å². The molecule has 1 heterocycles. The molecule has 3 N–H and O–H groups in total. The molecule has 14 heavy (non-hydrogen) atoms. The van der Waals surface area contributed by atoms with Crippen molar-refractivity contribution in [1.29, 1.82) is 0 Å². The molecule has 0 saturated carbocycles. The van der Waals surface area contributed by atoms with Crippen LogP contribution in [-0.4, -0.2) is 29.8 Å². The molecular formula is C10H19NO3. The maximum Gasteiger partial charge on any atom is 0.333 e. The largest absolute Gasteiger partial charge is 0.479 e. The summed E-state index contributed by atoms with van der Waals surface area (Å²) in [6.45, 7) is 6.45. The highest BCUT2D eigenvalue weighted by molar-refractivity contribution is 5.72. The van der Waals surface area contributed by atoms with Crippen molar-refractivity contribution < 1.29 is 14.6 Å². The molecule has 0 radical (unpaired) electrons. The molecule has 0 aliphatic carbocycles. The van der Waals surface area contributed by atoms with E-state index >= 15 is 0 Å². The van der Waals surface area contributed by atoms with E-state index in [2.05, 4.69) is 13.8 Å². The number of hydrogen-bond donors (Lipinski definition) is 2. The number of carbonyl (C=O) groups is 1. The summed E-state index contributed by atoms with van der Waals surface area (Å²) in [6, 6.07) is 0. The SMILES string of the molecule is C[C@@H]1[C@H](C)[C@@H](CN)OC(C(=O)O)[C@H]1C. The van der Waals surface area contributed by atoms with Gasteiger partial charge in [0, 0.05) is 6.54 Å². The van der Waals surface area contributed by atoms with Crippen molar-refractivity contribution in [1.82, 2.24) is 0 Å². The quantitative estimate of drug-likeness (QED) is 0.690. The molecule has 0 aromatic carbocycles. The van der Waals surface area contributed by atoms with Gasteiger partial charge in [-0.1, -0.05) is 20.8 Å². The highest BCUT2D eigenvalue weighted by Crippen LogP contribution is 2.34. The lowest BCUT2D eigenvalue weighted by Crippen LogP contribution is -2.50. The first-order valence-corrected chi connectivity index (χ1v) is 5.07. The van der Waals surface area contributed by atoms with Crippen LogP contribution in [0, 0.1) is 17.8 Å². The fourth-order valence-corrected chi connectivity index (χ4v) is 2.08. The van der Waals surface area contributed by atoms with Gasteiger partial charge in [-0.2, -0.15) is 0 Å². The van der Waals surface area contributed by atoms with Crippen molar-refractivity contribution in [2.75, 3.05) is 6.54 Å². The van der Waals surface area contributed by atoms with Gasteiger partial charge in [-0.05, 0) is 17.8 Å². The van der Waals surface area contributed by atoms with E-state index in [0.29, 0.717) is 18.4 Å². The first-order chi connectivity index (χ1) is 6.49. The fraction of sp³-hybridized carbons (Fsp3) is 0.900. The third-order valence-electron chi connectivity index (χ3n) is 3.52. The lowest BCUT2D eigenvalue weighted by atomic mass is 9.76. The second-order valence-electron chi connectivity index (χ2n) is 4.25. The number of carboxylic acid groups (broad SMARTS) is 1. The minimum atomic E-state index is -0.880. The molecule has 1 aliphatic rings. The summed E-state index contributed by atoms with van der Waals surface area (Å²) in [5, 5.41) is 8.96. The maximum atomic E-state index is 10.9. The van der Waals surface area contributed by atoms with E-state index in [-0.39, 0.29) is 12.0 Å². The number of aliphatic carboxylic acids is 1. The van der Waals surface area contributed by atoms with E-state index in [1.165, 1.54) is 0 Å². The summed E-state index contributed by atoms with van der Waals surface area (Å²) in [4.78, 5) is 10.9. The predicted molar refractivity (Wildman–Crippen MR) is 52.8 cm³/mol. The molecule has 1 aliphatic heterocycles. The Hall–Kier alpha value is -0.610. The zero-order chi connectivity index (χ0) is 10.9. The minimum Gasteiger partial charge on any atom is -0.479 e. The summed E-state index contributed by atoms with van der Waals surface area (Å²) in [7, 11) is 0. The van der Waals surface area contributed by atoms with E-state index in [9.17, 15) is 4.79 Å². The van der Waals surface area contributed by atoms with Crippen molar-refractivity contribution in [2.45, 2.75) is 33.0 Å². The molecule has 1 fully saturated rings. The highest BCUT2D eigenvalue weighted by atomic mass is 16.5. The zero-order valence-corrected chi connectivity index (χ0v) is 8.93. The van der Waals surface area contributed by atoms with Crippen LogP contribution < -0.4 is 5.73 Å². The van der Waals surface area contributed by atoms with Gasteiger partial charge in [-0.15, -0.1) is 0 Å². The van der Waals surface area contributed by atoms with Gasteiger partial charge in [-0.25, -0.2) is 4.79 Å². The predicted octanol–water partition coefficient (Wildman–Crippen LogP) is 0.705. The van der Waals surface area contributed by atoms with Gasteiger partial charge in [0.1, 0.15) is 0 Å². The second kappa shape index (κ2) is 4.28. The van der Waals surface area contributed by atoms with Gasteiger partial charge >= 0.3 is 5.97 Å². The van der Waals surface area contributed by atoms with Crippen LogP contribution in [0.4, 0.5) is 0 Å². The number of hydrogen-bond acceptors (Lipinski definition) is 3. The van der Waals surface area contributed by atoms with E-state index in [4.69, 9.17) is 15.6 Å². The Kier molecular flexibility index (Phi) is 3.50. The molecule has 0 aromatic rings. The molecule has 4 heteroatoms. The molecule has 5 atom stereocenters. The molecule has 1 saturated heterocycles. The number of carboxylic acids is 1. The summed E-state index contributed by atoms with van der Waals surface area (Å²) >= 11 is 0. The Bertz CT molecular complexity index is 217. The van der Waals surface area contributed by atoms with E-state index < -0.39 is 12.1 Å². The highest BCUT2D eigenvalue weighted by Gasteiger charge is 2.41. The lowest BCUT2D eigenvalue weighted by Gasteiger charge is -2.41. The van der Waals surface area contributed by atoms with Crippen LogP contribution in [0.2, 0.25) is 0 Å². The molecule has 0 aromatic heterocycles. The summed E-state index contributed by atoms with van der Waals surface area (Å²) in [6.07, 6.45) is -0.822. The summed E-state index contributed by atoms with van der Waals surface area (Å²) in [5.41, 5.74) is 5.55. The van der Waals surface area contributed by atoms with Gasteiger partial charge in [-0.3, -0.25) is 0 Å². The zero-order valence-electron chi connectivity index (χ0n) is 8.93. The lowest BCUT2D eigenvalue weighted by molar-refractivity contribution is -0.177. The first-order valence-electron chi connectivity index (χ1n) is 5.07. The Morgan fingerprint density at radius 3 is 2.29 bits per heavy atom. The molecule has 0 spiro atoms. The van der Waals surface area contributed by atoms with Crippen molar-refractivity contribution in [3.8, 4) is 0 Å². The second-order valence-corrected chi connectivity index (χ2v) is 4.25.